The van der Waals surface area contributed by atoms with E-state index in [1.54, 1.807) is 7.11 Å². The molecule has 0 amide bonds. The molecule has 1 aliphatic rings. The van der Waals surface area contributed by atoms with Crippen molar-refractivity contribution in [3.05, 3.63) is 60.2 Å². The van der Waals surface area contributed by atoms with Crippen molar-refractivity contribution in [2.75, 3.05) is 32.5 Å². The zero-order valence-electron chi connectivity index (χ0n) is 15.1. The van der Waals surface area contributed by atoms with Crippen LogP contribution in [0.4, 0.5) is 0 Å². The summed E-state index contributed by atoms with van der Waals surface area (Å²) in [6.45, 7) is 2.59. The average molecular weight is 372 g/mol. The molecule has 4 nitrogen and oxygen atoms in total. The van der Waals surface area contributed by atoms with Crippen molar-refractivity contribution >= 4 is 16.6 Å². The van der Waals surface area contributed by atoms with Gasteiger partial charge in [-0.15, -0.1) is 0 Å². The fraction of sp³-hybridized carbons (Fsp3) is 0.381. The summed E-state index contributed by atoms with van der Waals surface area (Å²) in [5.74, 6) is 1.71. The molecule has 1 aliphatic heterocycles. The second-order valence-electron chi connectivity index (χ2n) is 6.57. The number of carbonyl (C=O) groups is 1. The molecule has 1 heterocycles. The molecule has 1 atom stereocenters. The van der Waals surface area contributed by atoms with Crippen molar-refractivity contribution in [3.8, 4) is 5.75 Å². The molecular formula is C21H25NO3S. The quantitative estimate of drug-likeness (QED) is 0.700. The van der Waals surface area contributed by atoms with Gasteiger partial charge in [0.25, 0.3) is 0 Å². The van der Waals surface area contributed by atoms with E-state index >= 15 is 0 Å². The van der Waals surface area contributed by atoms with Crippen LogP contribution in [0.15, 0.2) is 59.5 Å². The molecule has 2 aromatic carbocycles. The highest BCUT2D eigenvalue weighted by Gasteiger charge is 2.25. The van der Waals surface area contributed by atoms with Crippen molar-refractivity contribution < 1.29 is 13.7 Å². The third kappa shape index (κ3) is 4.80. The van der Waals surface area contributed by atoms with Crippen LogP contribution >= 0.6 is 0 Å². The third-order valence-corrected chi connectivity index (χ3v) is 6.28. The first kappa shape index (κ1) is 18.8. The van der Waals surface area contributed by atoms with Gasteiger partial charge in [0.1, 0.15) is 5.75 Å². The van der Waals surface area contributed by atoms with Gasteiger partial charge in [0, 0.05) is 28.7 Å². The molecule has 3 rings (SSSR count). The minimum atomic E-state index is -0.956. The van der Waals surface area contributed by atoms with Gasteiger partial charge in [0.15, 0.2) is 5.78 Å². The SMILES string of the molecule is COc1ccc(C(=O)C2CCN(CC[S@](=O)c3ccccc3)CC2)cc1. The number of Topliss-reactive ketones (excluding diaryl/α,β-unsaturated/α-hetero) is 1. The Kier molecular flexibility index (Phi) is 6.58. The molecule has 0 saturated carbocycles. The zero-order chi connectivity index (χ0) is 18.4. The number of piperidine rings is 1. The predicted octanol–water partition coefficient (Wildman–Crippen LogP) is 3.40. The van der Waals surface area contributed by atoms with Crippen LogP contribution in [0.3, 0.4) is 0 Å². The number of likely N-dealkylation sites (tertiary alicyclic amines) is 1. The number of ether oxygens (including phenoxy) is 1. The van der Waals surface area contributed by atoms with Crippen LogP contribution in [0.1, 0.15) is 23.2 Å². The van der Waals surface area contributed by atoms with Gasteiger partial charge in [-0.2, -0.15) is 0 Å². The van der Waals surface area contributed by atoms with Crippen molar-refractivity contribution in [1.82, 2.24) is 4.90 Å². The lowest BCUT2D eigenvalue weighted by Gasteiger charge is -2.31. The normalized spacial score (nSPS) is 17.0. The fourth-order valence-corrected chi connectivity index (χ4v) is 4.43. The minimum absolute atomic E-state index is 0.0827. The maximum absolute atomic E-state index is 12.6. The maximum Gasteiger partial charge on any atom is 0.166 e. The Morgan fingerprint density at radius 3 is 2.35 bits per heavy atom. The van der Waals surface area contributed by atoms with Gasteiger partial charge in [-0.25, -0.2) is 0 Å². The lowest BCUT2D eigenvalue weighted by molar-refractivity contribution is 0.0845. The van der Waals surface area contributed by atoms with Crippen LogP contribution in [0.2, 0.25) is 0 Å². The van der Waals surface area contributed by atoms with Gasteiger partial charge >= 0.3 is 0 Å². The Balaban J connectivity index is 1.46. The lowest BCUT2D eigenvalue weighted by atomic mass is 9.89. The van der Waals surface area contributed by atoms with Crippen LogP contribution < -0.4 is 4.74 Å². The van der Waals surface area contributed by atoms with Gasteiger partial charge in [-0.3, -0.25) is 9.00 Å². The monoisotopic (exact) mass is 371 g/mol. The molecule has 0 unspecified atom stereocenters. The second kappa shape index (κ2) is 9.10. The minimum Gasteiger partial charge on any atom is -0.497 e. The zero-order valence-corrected chi connectivity index (χ0v) is 15.9. The van der Waals surface area contributed by atoms with Crippen molar-refractivity contribution in [2.24, 2.45) is 5.92 Å². The summed E-state index contributed by atoms with van der Waals surface area (Å²) < 4.78 is 17.5. The first-order chi connectivity index (χ1) is 12.7. The number of rotatable bonds is 7. The molecule has 0 bridgehead atoms. The summed E-state index contributed by atoms with van der Waals surface area (Å²) >= 11 is 0. The number of benzene rings is 2. The van der Waals surface area contributed by atoms with Gasteiger partial charge < -0.3 is 9.64 Å². The molecule has 0 spiro atoms. The van der Waals surface area contributed by atoms with E-state index in [0.29, 0.717) is 5.75 Å². The Morgan fingerprint density at radius 2 is 1.73 bits per heavy atom. The van der Waals surface area contributed by atoms with E-state index in [9.17, 15) is 9.00 Å². The van der Waals surface area contributed by atoms with E-state index in [1.807, 2.05) is 54.6 Å². The summed E-state index contributed by atoms with van der Waals surface area (Å²) in [4.78, 5) is 15.9. The maximum atomic E-state index is 12.6. The highest BCUT2D eigenvalue weighted by atomic mass is 32.2. The van der Waals surface area contributed by atoms with E-state index < -0.39 is 10.8 Å². The summed E-state index contributed by atoms with van der Waals surface area (Å²) in [7, 11) is 0.666. The van der Waals surface area contributed by atoms with Crippen LogP contribution in [0.5, 0.6) is 5.75 Å². The van der Waals surface area contributed by atoms with Gasteiger partial charge in [0.2, 0.25) is 0 Å². The summed E-state index contributed by atoms with van der Waals surface area (Å²) in [5, 5.41) is 0. The van der Waals surface area contributed by atoms with Crippen LogP contribution in [0, 0.1) is 5.92 Å². The highest BCUT2D eigenvalue weighted by molar-refractivity contribution is 7.85. The van der Waals surface area contributed by atoms with E-state index in [2.05, 4.69) is 4.90 Å². The average Bonchev–Trinajstić information content (AvgIpc) is 2.72. The van der Waals surface area contributed by atoms with Crippen molar-refractivity contribution in [1.29, 1.82) is 0 Å². The number of methoxy groups -OCH3 is 1. The van der Waals surface area contributed by atoms with Crippen LogP contribution in [-0.4, -0.2) is 47.4 Å². The summed E-state index contributed by atoms with van der Waals surface area (Å²) in [6.07, 6.45) is 1.73. The molecule has 0 N–H and O–H groups in total. The Hall–Kier alpha value is -1.98. The molecule has 1 fully saturated rings. The van der Waals surface area contributed by atoms with Crippen LogP contribution in [0.25, 0.3) is 0 Å². The Labute approximate surface area is 157 Å². The van der Waals surface area contributed by atoms with Gasteiger partial charge in [0.05, 0.1) is 17.9 Å². The fourth-order valence-electron chi connectivity index (χ4n) is 3.31. The molecule has 26 heavy (non-hydrogen) atoms. The Bertz CT molecular complexity index is 738. The van der Waals surface area contributed by atoms with Gasteiger partial charge in [-0.05, 0) is 62.3 Å². The summed E-state index contributed by atoms with van der Waals surface area (Å²) in [5.41, 5.74) is 0.759. The number of hydrogen-bond donors (Lipinski definition) is 0. The number of carbonyl (C=O) groups excluding carboxylic acids is 1. The Morgan fingerprint density at radius 1 is 1.08 bits per heavy atom. The standard InChI is InChI=1S/C21H25NO3S/c1-25-19-9-7-17(8-10-19)21(23)18-11-13-22(14-12-18)15-16-26(24)20-5-3-2-4-6-20/h2-10,18H,11-16H2,1H3/t26-/m0/s1. The summed E-state index contributed by atoms with van der Waals surface area (Å²) in [6, 6.07) is 17.0. The molecule has 5 heteroatoms. The van der Waals surface area contributed by atoms with Crippen LogP contribution in [-0.2, 0) is 10.8 Å². The molecule has 138 valence electrons. The topological polar surface area (TPSA) is 46.6 Å². The second-order valence-corrected chi connectivity index (χ2v) is 8.14. The van der Waals surface area contributed by atoms with Crippen molar-refractivity contribution in [3.63, 3.8) is 0 Å². The van der Waals surface area contributed by atoms with Crippen molar-refractivity contribution in [2.45, 2.75) is 17.7 Å². The van der Waals surface area contributed by atoms with E-state index in [0.717, 1.165) is 48.7 Å². The number of hydrogen-bond acceptors (Lipinski definition) is 4. The highest BCUT2D eigenvalue weighted by Crippen LogP contribution is 2.23. The molecular weight excluding hydrogens is 346 g/mol. The molecule has 0 aromatic heterocycles. The number of ketones is 1. The number of nitrogens with zero attached hydrogens (tertiary/aromatic N) is 1. The first-order valence-corrected chi connectivity index (χ1v) is 10.3. The van der Waals surface area contributed by atoms with E-state index in [1.165, 1.54) is 0 Å². The predicted molar refractivity (Wildman–Crippen MR) is 104 cm³/mol. The first-order valence-electron chi connectivity index (χ1n) is 9.01. The lowest BCUT2D eigenvalue weighted by Crippen LogP contribution is -2.38. The van der Waals surface area contributed by atoms with Gasteiger partial charge in [-0.1, -0.05) is 18.2 Å². The molecule has 2 aromatic rings. The van der Waals surface area contributed by atoms with E-state index in [4.69, 9.17) is 4.74 Å². The van der Waals surface area contributed by atoms with E-state index in [-0.39, 0.29) is 11.7 Å². The smallest absolute Gasteiger partial charge is 0.166 e. The molecule has 1 saturated heterocycles. The molecule has 0 radical (unpaired) electrons. The third-order valence-electron chi connectivity index (χ3n) is 4.93. The molecule has 0 aliphatic carbocycles. The largest absolute Gasteiger partial charge is 0.497 e.